The molecule has 0 atom stereocenters. The minimum Gasteiger partial charge on any atom is -0.342 e. The summed E-state index contributed by atoms with van der Waals surface area (Å²) in [5.74, 6) is 1.54. The van der Waals surface area contributed by atoms with Crippen LogP contribution in [0.5, 0.6) is 0 Å². The molecule has 1 aromatic heterocycles. The van der Waals surface area contributed by atoms with E-state index in [0.717, 1.165) is 35.5 Å². The number of rotatable bonds is 4. The van der Waals surface area contributed by atoms with Gasteiger partial charge in [0.25, 0.3) is 0 Å². The van der Waals surface area contributed by atoms with Gasteiger partial charge in [0, 0.05) is 42.6 Å². The van der Waals surface area contributed by atoms with Crippen LogP contribution in [0.1, 0.15) is 61.7 Å². The predicted molar refractivity (Wildman–Crippen MR) is 116 cm³/mol. The highest BCUT2D eigenvalue weighted by molar-refractivity contribution is 5.95. The van der Waals surface area contributed by atoms with E-state index in [1.165, 1.54) is 12.1 Å². The minimum absolute atomic E-state index is 0.00446. The Morgan fingerprint density at radius 2 is 1.81 bits per heavy atom. The first kappa shape index (κ1) is 21.4. The van der Waals surface area contributed by atoms with Crippen molar-refractivity contribution in [3.05, 3.63) is 52.7 Å². The minimum atomic E-state index is -0.295. The van der Waals surface area contributed by atoms with Gasteiger partial charge in [-0.25, -0.2) is 14.4 Å². The number of carbonyl (C=O) groups is 2. The summed E-state index contributed by atoms with van der Waals surface area (Å²) in [6.45, 7) is 7.61. The van der Waals surface area contributed by atoms with Gasteiger partial charge in [-0.2, -0.15) is 0 Å². The molecule has 0 N–H and O–H groups in total. The number of nitrogens with zero attached hydrogens (tertiary/aromatic N) is 4. The van der Waals surface area contributed by atoms with Gasteiger partial charge in [0.1, 0.15) is 17.5 Å². The second-order valence-corrected chi connectivity index (χ2v) is 8.83. The summed E-state index contributed by atoms with van der Waals surface area (Å²) >= 11 is 0. The Balaban J connectivity index is 1.58. The monoisotopic (exact) mass is 424 g/mol. The fraction of sp³-hybridized carbons (Fsp3) is 0.500. The molecule has 0 aliphatic carbocycles. The molecule has 1 aromatic carbocycles. The summed E-state index contributed by atoms with van der Waals surface area (Å²) in [4.78, 5) is 38.3. The average Bonchev–Trinajstić information content (AvgIpc) is 2.76. The molecule has 6 nitrogen and oxygen atoms in total. The summed E-state index contributed by atoms with van der Waals surface area (Å²) in [6.07, 6.45) is 2.71. The molecule has 0 unspecified atom stereocenters. The van der Waals surface area contributed by atoms with E-state index in [9.17, 15) is 14.0 Å². The number of aryl methyl sites for hydroxylation is 1. The van der Waals surface area contributed by atoms with Crippen molar-refractivity contribution < 1.29 is 14.0 Å². The fourth-order valence-electron chi connectivity index (χ4n) is 4.44. The van der Waals surface area contributed by atoms with Crippen LogP contribution in [0.25, 0.3) is 0 Å². The van der Waals surface area contributed by atoms with Gasteiger partial charge >= 0.3 is 0 Å². The maximum absolute atomic E-state index is 13.3. The van der Waals surface area contributed by atoms with Gasteiger partial charge in [-0.05, 0) is 43.9 Å². The average molecular weight is 425 g/mol. The van der Waals surface area contributed by atoms with E-state index in [1.807, 2.05) is 25.7 Å². The van der Waals surface area contributed by atoms with E-state index >= 15 is 0 Å². The van der Waals surface area contributed by atoms with Gasteiger partial charge in [0.2, 0.25) is 11.8 Å². The van der Waals surface area contributed by atoms with Gasteiger partial charge in [0.15, 0.2) is 0 Å². The number of carbonyl (C=O) groups excluding carboxylic acids is 2. The van der Waals surface area contributed by atoms with Crippen molar-refractivity contribution in [1.29, 1.82) is 0 Å². The number of hydrogen-bond acceptors (Lipinski definition) is 4. The summed E-state index contributed by atoms with van der Waals surface area (Å²) in [7, 11) is 0. The predicted octanol–water partition coefficient (Wildman–Crippen LogP) is 3.77. The number of amides is 2. The first-order chi connectivity index (χ1) is 14.8. The van der Waals surface area contributed by atoms with Crippen molar-refractivity contribution in [2.45, 2.75) is 58.9 Å². The molecule has 2 aliphatic rings. The van der Waals surface area contributed by atoms with Crippen LogP contribution in [-0.2, 0) is 22.6 Å². The molecule has 0 spiro atoms. The highest BCUT2D eigenvalue weighted by Crippen LogP contribution is 2.33. The van der Waals surface area contributed by atoms with E-state index in [0.29, 0.717) is 38.3 Å². The first-order valence-electron chi connectivity index (χ1n) is 11.0. The van der Waals surface area contributed by atoms with Gasteiger partial charge < -0.3 is 4.90 Å². The molecule has 7 heteroatoms. The van der Waals surface area contributed by atoms with Crippen LogP contribution in [-0.4, -0.2) is 39.8 Å². The van der Waals surface area contributed by atoms with E-state index in [1.54, 1.807) is 17.0 Å². The Kier molecular flexibility index (Phi) is 6.03. The van der Waals surface area contributed by atoms with Gasteiger partial charge in [-0.1, -0.05) is 26.0 Å². The third-order valence-corrected chi connectivity index (χ3v) is 6.27. The zero-order valence-corrected chi connectivity index (χ0v) is 18.4. The molecule has 3 heterocycles. The largest absolute Gasteiger partial charge is 0.342 e. The highest BCUT2D eigenvalue weighted by atomic mass is 19.1. The fourth-order valence-corrected chi connectivity index (χ4v) is 4.44. The molecule has 1 saturated heterocycles. The van der Waals surface area contributed by atoms with Gasteiger partial charge in [-0.15, -0.1) is 0 Å². The van der Waals surface area contributed by atoms with Gasteiger partial charge in [0.05, 0.1) is 6.54 Å². The zero-order valence-electron chi connectivity index (χ0n) is 18.4. The van der Waals surface area contributed by atoms with Crippen molar-refractivity contribution in [3.8, 4) is 0 Å². The molecule has 0 saturated carbocycles. The SMILES string of the molecule is Cc1nc(C2CCN(C(=O)C(C)C)CC2)nc2c1CCC(=O)N2Cc1ccc(F)cc1. The van der Waals surface area contributed by atoms with Crippen LogP contribution < -0.4 is 4.90 Å². The molecule has 164 valence electrons. The van der Waals surface area contributed by atoms with E-state index in [4.69, 9.17) is 9.97 Å². The maximum atomic E-state index is 13.3. The Labute approximate surface area is 182 Å². The summed E-state index contributed by atoms with van der Waals surface area (Å²) in [6, 6.07) is 6.22. The lowest BCUT2D eigenvalue weighted by molar-refractivity contribution is -0.135. The number of piperidine rings is 1. The smallest absolute Gasteiger partial charge is 0.228 e. The topological polar surface area (TPSA) is 66.4 Å². The molecule has 2 aromatic rings. The first-order valence-corrected chi connectivity index (χ1v) is 11.0. The Bertz CT molecular complexity index is 982. The van der Waals surface area contributed by atoms with Crippen LogP contribution in [0.4, 0.5) is 10.2 Å². The number of halogens is 1. The quantitative estimate of drug-likeness (QED) is 0.750. The van der Waals surface area contributed by atoms with Crippen molar-refractivity contribution in [3.63, 3.8) is 0 Å². The maximum Gasteiger partial charge on any atom is 0.228 e. The number of benzene rings is 1. The third-order valence-electron chi connectivity index (χ3n) is 6.27. The normalized spacial score (nSPS) is 17.3. The van der Waals surface area contributed by atoms with Crippen LogP contribution in [0.3, 0.4) is 0 Å². The number of aromatic nitrogens is 2. The summed E-state index contributed by atoms with van der Waals surface area (Å²) < 4.78 is 13.3. The lowest BCUT2D eigenvalue weighted by atomic mass is 9.94. The molecule has 0 bridgehead atoms. The molecule has 2 aliphatic heterocycles. The number of fused-ring (bicyclic) bond motifs is 1. The molecule has 31 heavy (non-hydrogen) atoms. The Morgan fingerprint density at radius 1 is 1.13 bits per heavy atom. The third kappa shape index (κ3) is 4.45. The van der Waals surface area contributed by atoms with Gasteiger partial charge in [-0.3, -0.25) is 14.5 Å². The zero-order chi connectivity index (χ0) is 22.1. The van der Waals surface area contributed by atoms with Crippen molar-refractivity contribution in [2.24, 2.45) is 5.92 Å². The molecule has 0 radical (unpaired) electrons. The van der Waals surface area contributed by atoms with Crippen LogP contribution in [0.2, 0.25) is 0 Å². The summed E-state index contributed by atoms with van der Waals surface area (Å²) in [5.41, 5.74) is 2.79. The Morgan fingerprint density at radius 3 is 2.45 bits per heavy atom. The molecular formula is C24H29FN4O2. The van der Waals surface area contributed by atoms with Crippen molar-refractivity contribution >= 4 is 17.6 Å². The van der Waals surface area contributed by atoms with E-state index in [-0.39, 0.29) is 29.5 Å². The van der Waals surface area contributed by atoms with E-state index in [2.05, 4.69) is 0 Å². The molecule has 2 amide bonds. The number of anilines is 1. The summed E-state index contributed by atoms with van der Waals surface area (Å²) in [5, 5.41) is 0. The molecule has 4 rings (SSSR count). The standard InChI is InChI=1S/C24H29FN4O2/c1-15(2)24(31)28-12-10-18(11-13-28)22-26-16(3)20-8-9-21(30)29(23(20)27-22)14-17-4-6-19(25)7-5-17/h4-7,15,18H,8-14H2,1-3H3. The lowest BCUT2D eigenvalue weighted by Crippen LogP contribution is -2.40. The second kappa shape index (κ2) is 8.73. The van der Waals surface area contributed by atoms with Crippen molar-refractivity contribution in [2.75, 3.05) is 18.0 Å². The van der Waals surface area contributed by atoms with Crippen LogP contribution >= 0.6 is 0 Å². The Hall–Kier alpha value is -2.83. The number of likely N-dealkylation sites (tertiary alicyclic amines) is 1. The van der Waals surface area contributed by atoms with Crippen LogP contribution in [0, 0.1) is 18.7 Å². The lowest BCUT2D eigenvalue weighted by Gasteiger charge is -2.34. The molecular weight excluding hydrogens is 395 g/mol. The molecule has 1 fully saturated rings. The highest BCUT2D eigenvalue weighted by Gasteiger charge is 2.31. The van der Waals surface area contributed by atoms with Crippen LogP contribution in [0.15, 0.2) is 24.3 Å². The van der Waals surface area contributed by atoms with E-state index < -0.39 is 0 Å². The number of hydrogen-bond donors (Lipinski definition) is 0. The second-order valence-electron chi connectivity index (χ2n) is 8.83. The van der Waals surface area contributed by atoms with Crippen molar-refractivity contribution in [1.82, 2.24) is 14.9 Å².